The van der Waals surface area contributed by atoms with E-state index in [1.807, 2.05) is 0 Å². The first-order valence-electron chi connectivity index (χ1n) is 5.89. The number of rotatable bonds is 4. The summed E-state index contributed by atoms with van der Waals surface area (Å²) in [6.07, 6.45) is 7.01. The minimum absolute atomic E-state index is 1.36. The molecule has 0 fully saturated rings. The minimum atomic E-state index is 1.36. The molecule has 0 aromatic carbocycles. The summed E-state index contributed by atoms with van der Waals surface area (Å²) in [7, 11) is 0. The fourth-order valence-corrected chi connectivity index (χ4v) is 0.677. The van der Waals surface area contributed by atoms with Crippen molar-refractivity contribution in [3.63, 3.8) is 0 Å². The monoisotopic (exact) mass is 303 g/mol. The van der Waals surface area contributed by atoms with Crippen molar-refractivity contribution in [1.29, 1.82) is 37.9 Å². The molecule has 0 rings (SSSR count). The summed E-state index contributed by atoms with van der Waals surface area (Å²) >= 11 is 0. The Bertz CT molecular complexity index is 81.7. The average Bonchev–Trinajstić information content (AvgIpc) is 2.67. The zero-order valence-corrected chi connectivity index (χ0v) is 14.0. The quantitative estimate of drug-likeness (QED) is 0.279. The second-order valence-electron chi connectivity index (χ2n) is 2.06. The SMILES string of the molecule is C=N.C=N.C=N.C=N.C=N.C=N.C=N.CCCCCCC. The van der Waals surface area contributed by atoms with E-state index in [-0.39, 0.29) is 0 Å². The van der Waals surface area contributed by atoms with Gasteiger partial charge in [-0.1, -0.05) is 46.0 Å². The first-order chi connectivity index (χ1) is 10.4. The van der Waals surface area contributed by atoms with E-state index in [4.69, 9.17) is 37.9 Å². The third-order valence-corrected chi connectivity index (χ3v) is 1.21. The molecule has 0 amide bonds. The molecule has 0 spiro atoms. The lowest BCUT2D eigenvalue weighted by Gasteiger charge is -1.90. The van der Waals surface area contributed by atoms with E-state index in [1.165, 1.54) is 32.1 Å². The highest BCUT2D eigenvalue weighted by molar-refractivity contribution is 5.16. The van der Waals surface area contributed by atoms with E-state index >= 15 is 0 Å². The molecule has 0 unspecified atom stereocenters. The van der Waals surface area contributed by atoms with Gasteiger partial charge in [-0.05, 0) is 47.0 Å². The second kappa shape index (κ2) is 681. The Morgan fingerprint density at radius 3 is 0.619 bits per heavy atom. The summed E-state index contributed by atoms with van der Waals surface area (Å²) in [5.74, 6) is 0. The van der Waals surface area contributed by atoms with Crippen LogP contribution in [-0.2, 0) is 0 Å². The molecular formula is C14H37N7. The second-order valence-corrected chi connectivity index (χ2v) is 2.06. The van der Waals surface area contributed by atoms with Crippen LogP contribution in [0.4, 0.5) is 0 Å². The highest BCUT2D eigenvalue weighted by Gasteiger charge is 1.80. The average molecular weight is 303 g/mol. The van der Waals surface area contributed by atoms with Crippen molar-refractivity contribution in [2.24, 2.45) is 0 Å². The van der Waals surface area contributed by atoms with Gasteiger partial charge in [-0.3, -0.25) is 0 Å². The first kappa shape index (κ1) is 51.2. The Kier molecular flexibility index (Phi) is 1660. The molecule has 0 aliphatic carbocycles. The van der Waals surface area contributed by atoms with Crippen LogP contribution in [-0.4, -0.2) is 47.0 Å². The van der Waals surface area contributed by atoms with Gasteiger partial charge in [0.1, 0.15) is 0 Å². The Labute approximate surface area is 131 Å². The lowest BCUT2D eigenvalue weighted by atomic mass is 10.2. The van der Waals surface area contributed by atoms with Crippen molar-refractivity contribution in [2.75, 3.05) is 0 Å². The van der Waals surface area contributed by atoms with Crippen molar-refractivity contribution in [2.45, 2.75) is 46.0 Å². The molecule has 0 bridgehead atoms. The molecule has 0 heterocycles. The van der Waals surface area contributed by atoms with Crippen LogP contribution >= 0.6 is 0 Å². The van der Waals surface area contributed by atoms with E-state index in [2.05, 4.69) is 60.9 Å². The predicted molar refractivity (Wildman–Crippen MR) is 103 cm³/mol. The van der Waals surface area contributed by atoms with Crippen LogP contribution in [0.1, 0.15) is 46.0 Å². The smallest absolute Gasteiger partial charge is 0.0187 e. The van der Waals surface area contributed by atoms with Crippen molar-refractivity contribution < 1.29 is 0 Å². The Balaban J connectivity index is -0.0000000173. The van der Waals surface area contributed by atoms with Gasteiger partial charge in [-0.15, -0.1) is 0 Å². The van der Waals surface area contributed by atoms with Crippen LogP contribution < -0.4 is 0 Å². The molecule has 7 nitrogen and oxygen atoms in total. The summed E-state index contributed by atoms with van der Waals surface area (Å²) in [5.41, 5.74) is 0. The highest BCUT2D eigenvalue weighted by Crippen LogP contribution is 2.00. The third kappa shape index (κ3) is 1520. The molecule has 128 valence electrons. The summed E-state index contributed by atoms with van der Waals surface area (Å²) in [5, 5.41) is 38.5. The lowest BCUT2D eigenvalue weighted by Crippen LogP contribution is -1.70. The van der Waals surface area contributed by atoms with Gasteiger partial charge in [0.05, 0.1) is 0 Å². The number of nitrogens with one attached hydrogen (secondary N) is 7. The molecule has 7 heteroatoms. The van der Waals surface area contributed by atoms with E-state index in [9.17, 15) is 0 Å². The summed E-state index contributed by atoms with van der Waals surface area (Å²) in [4.78, 5) is 0. The molecule has 0 aromatic heterocycles. The Morgan fingerprint density at radius 2 is 0.524 bits per heavy atom. The normalized spacial score (nSPS) is 4.48. The molecule has 0 aliphatic rings. The lowest BCUT2D eigenvalue weighted by molar-refractivity contribution is 0.656. The topological polar surface area (TPSA) is 167 Å². The van der Waals surface area contributed by atoms with Gasteiger partial charge in [0, 0.05) is 0 Å². The standard InChI is InChI=1S/C7H16.7CH3N/c1-3-5-7-6-4-2;7*1-2/h3-7H2,1-2H3;7*2H,1H2. The Hall–Kier alpha value is -2.31. The molecule has 21 heavy (non-hydrogen) atoms. The van der Waals surface area contributed by atoms with Crippen molar-refractivity contribution in [3.8, 4) is 0 Å². The maximum absolute atomic E-state index is 5.50. The fraction of sp³-hybridized carbons (Fsp3) is 0.500. The third-order valence-electron chi connectivity index (χ3n) is 1.21. The zero-order chi connectivity index (χ0) is 19.5. The molecule has 0 atom stereocenters. The minimum Gasteiger partial charge on any atom is -0.317 e. The number of hydrogen-bond donors (Lipinski definition) is 7. The zero-order valence-electron chi connectivity index (χ0n) is 14.0. The molecule has 7 N–H and O–H groups in total. The Morgan fingerprint density at radius 1 is 0.381 bits per heavy atom. The van der Waals surface area contributed by atoms with Gasteiger partial charge in [-0.25, -0.2) is 0 Å². The molecule has 0 radical (unpaired) electrons. The van der Waals surface area contributed by atoms with Crippen LogP contribution in [0.5, 0.6) is 0 Å². The van der Waals surface area contributed by atoms with Crippen molar-refractivity contribution in [1.82, 2.24) is 0 Å². The molecule has 0 aliphatic heterocycles. The summed E-state index contributed by atoms with van der Waals surface area (Å²) < 4.78 is 0. The van der Waals surface area contributed by atoms with Crippen LogP contribution in [0, 0.1) is 37.9 Å². The maximum atomic E-state index is 5.50. The van der Waals surface area contributed by atoms with Crippen LogP contribution in [0.15, 0.2) is 0 Å². The fourth-order valence-electron chi connectivity index (χ4n) is 0.677. The van der Waals surface area contributed by atoms with Crippen LogP contribution in [0.25, 0.3) is 0 Å². The van der Waals surface area contributed by atoms with Gasteiger partial charge in [0.25, 0.3) is 0 Å². The largest absolute Gasteiger partial charge is 0.317 e. The number of hydrogen-bond acceptors (Lipinski definition) is 7. The van der Waals surface area contributed by atoms with E-state index < -0.39 is 0 Å². The molecule has 0 saturated carbocycles. The maximum Gasteiger partial charge on any atom is -0.0187 e. The van der Waals surface area contributed by atoms with Gasteiger partial charge < -0.3 is 37.9 Å². The number of unbranched alkanes of at least 4 members (excludes halogenated alkanes) is 4. The molecule has 0 aromatic rings. The van der Waals surface area contributed by atoms with Gasteiger partial charge in [0.2, 0.25) is 0 Å². The van der Waals surface area contributed by atoms with Crippen LogP contribution in [0.2, 0.25) is 0 Å². The summed E-state index contributed by atoms with van der Waals surface area (Å²) in [6, 6.07) is 0. The summed E-state index contributed by atoms with van der Waals surface area (Å²) in [6.45, 7) is 22.0. The van der Waals surface area contributed by atoms with Crippen molar-refractivity contribution >= 4 is 47.0 Å². The molecular weight excluding hydrogens is 266 g/mol. The first-order valence-corrected chi connectivity index (χ1v) is 5.89. The predicted octanol–water partition coefficient (Wildman–Crippen LogP) is 4.84. The van der Waals surface area contributed by atoms with Gasteiger partial charge in [0.15, 0.2) is 0 Å². The van der Waals surface area contributed by atoms with Crippen molar-refractivity contribution in [3.05, 3.63) is 0 Å². The van der Waals surface area contributed by atoms with E-state index in [0.717, 1.165) is 0 Å². The molecule has 0 saturated heterocycles. The van der Waals surface area contributed by atoms with Gasteiger partial charge in [-0.2, -0.15) is 0 Å². The van der Waals surface area contributed by atoms with E-state index in [1.54, 1.807) is 0 Å². The van der Waals surface area contributed by atoms with Gasteiger partial charge >= 0.3 is 0 Å². The highest BCUT2D eigenvalue weighted by atomic mass is 14.2. The van der Waals surface area contributed by atoms with E-state index in [0.29, 0.717) is 0 Å². The van der Waals surface area contributed by atoms with Crippen LogP contribution in [0.3, 0.4) is 0 Å².